The molecule has 0 radical (unpaired) electrons. The van der Waals surface area contributed by atoms with Crippen LogP contribution in [0.3, 0.4) is 0 Å². The maximum Gasteiger partial charge on any atom is 0.407 e. The minimum absolute atomic E-state index is 0.0259. The van der Waals surface area contributed by atoms with Gasteiger partial charge >= 0.3 is 18.0 Å². The molecular formula is C37H49N3O7Si. The number of pyridine rings is 2. The van der Waals surface area contributed by atoms with Gasteiger partial charge in [0.05, 0.1) is 37.1 Å². The predicted octanol–water partition coefficient (Wildman–Crippen LogP) is 6.29. The van der Waals surface area contributed by atoms with Crippen LogP contribution in [-0.4, -0.2) is 47.8 Å². The highest BCUT2D eigenvalue weighted by Crippen LogP contribution is 2.47. The van der Waals surface area contributed by atoms with Crippen LogP contribution in [0.15, 0.2) is 35.1 Å². The maximum atomic E-state index is 14.3. The van der Waals surface area contributed by atoms with Crippen LogP contribution in [0.5, 0.6) is 0 Å². The third-order valence-electron chi connectivity index (χ3n) is 10.8. The van der Waals surface area contributed by atoms with Gasteiger partial charge < -0.3 is 24.1 Å². The number of carbonyl (C=O) groups is 3. The Morgan fingerprint density at radius 3 is 2.44 bits per heavy atom. The largest absolute Gasteiger partial charge is 0.457 e. The van der Waals surface area contributed by atoms with Crippen molar-refractivity contribution in [1.82, 2.24) is 14.9 Å². The minimum Gasteiger partial charge on any atom is -0.457 e. The number of para-hydroxylation sites is 1. The van der Waals surface area contributed by atoms with Crippen LogP contribution in [0, 0.1) is 5.92 Å². The third kappa shape index (κ3) is 5.94. The molecule has 1 atom stereocenters. The number of carbonyl (C=O) groups excluding carboxylic acids is 3. The number of nitrogens with one attached hydrogen (secondary N) is 1. The average molecular weight is 676 g/mol. The molecule has 1 aromatic carbocycles. The number of hydrogen-bond acceptors (Lipinski definition) is 8. The summed E-state index contributed by atoms with van der Waals surface area (Å²) < 4.78 is 18.5. The molecule has 4 heterocycles. The molecule has 10 nitrogen and oxygen atoms in total. The summed E-state index contributed by atoms with van der Waals surface area (Å²) in [7, 11) is -2.22. The molecule has 2 aliphatic rings. The molecule has 1 unspecified atom stereocenters. The van der Waals surface area contributed by atoms with E-state index in [2.05, 4.69) is 52.2 Å². The van der Waals surface area contributed by atoms with E-state index in [9.17, 15) is 19.2 Å². The normalized spacial score (nSPS) is 17.4. The van der Waals surface area contributed by atoms with Gasteiger partial charge in [0.15, 0.2) is 0 Å². The van der Waals surface area contributed by atoms with Gasteiger partial charge in [-0.05, 0) is 72.8 Å². The van der Waals surface area contributed by atoms with Crippen LogP contribution < -0.4 is 16.1 Å². The maximum absolute atomic E-state index is 14.3. The van der Waals surface area contributed by atoms with Gasteiger partial charge in [0.25, 0.3) is 5.56 Å². The molecule has 258 valence electrons. The van der Waals surface area contributed by atoms with Gasteiger partial charge in [-0.3, -0.25) is 9.59 Å². The van der Waals surface area contributed by atoms with Crippen molar-refractivity contribution in [2.24, 2.45) is 5.92 Å². The van der Waals surface area contributed by atoms with Crippen molar-refractivity contribution >= 4 is 42.2 Å². The highest BCUT2D eigenvalue weighted by Gasteiger charge is 2.51. The van der Waals surface area contributed by atoms with E-state index in [4.69, 9.17) is 19.2 Å². The smallest absolute Gasteiger partial charge is 0.407 e. The Kier molecular flexibility index (Phi) is 9.18. The summed E-state index contributed by atoms with van der Waals surface area (Å²) in [6.45, 7) is 21.4. The van der Waals surface area contributed by atoms with Gasteiger partial charge in [-0.1, -0.05) is 65.9 Å². The number of fused-ring (bicyclic) bond motifs is 5. The van der Waals surface area contributed by atoms with E-state index in [1.54, 1.807) is 32.3 Å². The number of ether oxygens (including phenoxy) is 3. The molecule has 0 fully saturated rings. The average Bonchev–Trinajstić information content (AvgIpc) is 3.36. The Hall–Kier alpha value is -3.99. The van der Waals surface area contributed by atoms with E-state index in [1.807, 2.05) is 24.3 Å². The summed E-state index contributed by atoms with van der Waals surface area (Å²) in [6.07, 6.45) is -0.292. The first-order valence-electron chi connectivity index (χ1n) is 16.9. The lowest BCUT2D eigenvalue weighted by Gasteiger charge is -2.45. The zero-order valence-electron chi connectivity index (χ0n) is 30.0. The van der Waals surface area contributed by atoms with Gasteiger partial charge in [0.2, 0.25) is 5.60 Å². The molecule has 2 aliphatic heterocycles. The number of rotatable bonds is 9. The second kappa shape index (κ2) is 12.5. The number of nitrogens with zero attached hydrogens (tertiary/aromatic N) is 2. The monoisotopic (exact) mass is 675 g/mol. The lowest BCUT2D eigenvalue weighted by Crippen LogP contribution is -2.54. The number of cyclic esters (lactones) is 1. The number of amides is 1. The van der Waals surface area contributed by atoms with Crippen molar-refractivity contribution in [3.05, 3.63) is 57.4 Å². The molecule has 2 aromatic heterocycles. The molecule has 0 bridgehead atoms. The zero-order valence-corrected chi connectivity index (χ0v) is 31.0. The number of alkyl carbamates (subject to hydrolysis) is 1. The number of aromatic nitrogens is 2. The van der Waals surface area contributed by atoms with Crippen LogP contribution in [-0.2, 0) is 42.6 Å². The highest BCUT2D eigenvalue weighted by molar-refractivity contribution is 6.94. The van der Waals surface area contributed by atoms with Crippen LogP contribution in [0.1, 0.15) is 91.3 Å². The minimum atomic E-state index is -2.22. The quantitative estimate of drug-likeness (QED) is 0.0950. The molecule has 1 amide bonds. The van der Waals surface area contributed by atoms with E-state index in [0.29, 0.717) is 29.3 Å². The lowest BCUT2D eigenvalue weighted by atomic mass is 9.85. The van der Waals surface area contributed by atoms with Crippen molar-refractivity contribution < 1.29 is 28.6 Å². The zero-order chi connectivity index (χ0) is 35.4. The summed E-state index contributed by atoms with van der Waals surface area (Å²) in [6, 6.07) is 9.98. The first-order valence-corrected chi connectivity index (χ1v) is 19.9. The Bertz CT molecular complexity index is 1850. The molecule has 3 aromatic rings. The molecule has 5 rings (SSSR count). The summed E-state index contributed by atoms with van der Waals surface area (Å²) >= 11 is 0. The lowest BCUT2D eigenvalue weighted by molar-refractivity contribution is -0.189. The number of benzene rings is 1. The fourth-order valence-electron chi connectivity index (χ4n) is 6.93. The van der Waals surface area contributed by atoms with Crippen LogP contribution in [0.4, 0.5) is 4.79 Å². The Balaban J connectivity index is 1.55. The van der Waals surface area contributed by atoms with Gasteiger partial charge in [0, 0.05) is 18.5 Å². The summed E-state index contributed by atoms with van der Waals surface area (Å²) in [5.41, 5.74) is 1.19. The fraction of sp³-hybridized carbons (Fsp3) is 0.541. The second-order valence-corrected chi connectivity index (χ2v) is 20.4. The standard InChI is InChI=1S/C37H49N3O7Si/c1-11-37(46-29(41)17-14-18-38-34(44)47-35(4,5)6)26-19-28-30-24(20-40(28)32(42)25(26)21-45-33(37)43)31(23-15-12-13-16-27(23)39-30)48(9,10)36(7,8)22(2)3/h12-13,15-16,19,22H,11,14,17-18,20-21H2,1-10H3,(H,38,44). The van der Waals surface area contributed by atoms with Crippen LogP contribution in [0.2, 0.25) is 18.1 Å². The number of hydrogen-bond donors (Lipinski definition) is 1. The molecule has 0 aliphatic carbocycles. The summed E-state index contributed by atoms with van der Waals surface area (Å²) in [5, 5.41) is 5.06. The Labute approximate surface area is 283 Å². The molecular weight excluding hydrogens is 627 g/mol. The topological polar surface area (TPSA) is 126 Å². The summed E-state index contributed by atoms with van der Waals surface area (Å²) in [4.78, 5) is 58.1. The van der Waals surface area contributed by atoms with Crippen molar-refractivity contribution in [3.8, 4) is 11.4 Å². The number of esters is 2. The molecule has 48 heavy (non-hydrogen) atoms. The molecule has 0 spiro atoms. The first-order chi connectivity index (χ1) is 22.4. The van der Waals surface area contributed by atoms with E-state index in [0.717, 1.165) is 22.2 Å². The van der Waals surface area contributed by atoms with E-state index in [-0.39, 0.29) is 43.0 Å². The van der Waals surface area contributed by atoms with Gasteiger partial charge in [-0.2, -0.15) is 0 Å². The molecule has 0 saturated heterocycles. The molecule has 1 N–H and O–H groups in total. The van der Waals surface area contributed by atoms with Gasteiger partial charge in [0.1, 0.15) is 12.2 Å². The van der Waals surface area contributed by atoms with E-state index in [1.165, 1.54) is 5.19 Å². The highest BCUT2D eigenvalue weighted by atomic mass is 28.3. The van der Waals surface area contributed by atoms with Gasteiger partial charge in [-0.25, -0.2) is 14.6 Å². The fourth-order valence-corrected chi connectivity index (χ4v) is 10.9. The van der Waals surface area contributed by atoms with E-state index < -0.39 is 37.3 Å². The van der Waals surface area contributed by atoms with Crippen molar-refractivity contribution in [1.29, 1.82) is 0 Å². The Morgan fingerprint density at radius 1 is 1.10 bits per heavy atom. The van der Waals surface area contributed by atoms with Gasteiger partial charge in [-0.15, -0.1) is 0 Å². The van der Waals surface area contributed by atoms with Crippen molar-refractivity contribution in [3.63, 3.8) is 0 Å². The van der Waals surface area contributed by atoms with E-state index >= 15 is 0 Å². The second-order valence-electron chi connectivity index (χ2n) is 15.4. The predicted molar refractivity (Wildman–Crippen MR) is 188 cm³/mol. The molecule has 0 saturated carbocycles. The SMILES string of the molecule is CCC1(OC(=O)CCCNC(=O)OC(C)(C)C)C(=O)OCc2c1cc1n(c2=O)Cc2c-1nc1ccccc1c2[Si](C)(C)C(C)(C)C(C)C. The van der Waals surface area contributed by atoms with Crippen LogP contribution in [0.25, 0.3) is 22.3 Å². The van der Waals surface area contributed by atoms with Crippen LogP contribution >= 0.6 is 0 Å². The van der Waals surface area contributed by atoms with Crippen molar-refractivity contribution in [2.75, 3.05) is 6.54 Å². The Morgan fingerprint density at radius 2 is 1.79 bits per heavy atom. The third-order valence-corrected chi connectivity index (χ3v) is 16.4. The summed E-state index contributed by atoms with van der Waals surface area (Å²) in [5.74, 6) is -0.917. The molecule has 11 heteroatoms. The first kappa shape index (κ1) is 35.3. The van der Waals surface area contributed by atoms with Crippen molar-refractivity contribution in [2.45, 2.75) is 117 Å².